The highest BCUT2D eigenvalue weighted by molar-refractivity contribution is 6.53. The van der Waals surface area contributed by atoms with Gasteiger partial charge in [-0.15, -0.1) is 0 Å². The van der Waals surface area contributed by atoms with E-state index in [1.54, 1.807) is 0 Å². The number of rotatable bonds is 2. The fraction of sp³-hybridized carbons (Fsp3) is 1.00. The van der Waals surface area contributed by atoms with E-state index in [-0.39, 0.29) is 0 Å². The summed E-state index contributed by atoms with van der Waals surface area (Å²) in [6.07, 6.45) is 6.75. The van der Waals surface area contributed by atoms with Crippen LogP contribution in [0.3, 0.4) is 0 Å². The molecule has 0 amide bonds. The van der Waals surface area contributed by atoms with E-state index in [1.807, 2.05) is 7.11 Å². The van der Waals surface area contributed by atoms with Crippen molar-refractivity contribution in [1.82, 2.24) is 0 Å². The lowest BCUT2D eigenvalue weighted by Gasteiger charge is -2.25. The molecular weight excluding hydrogens is 123 g/mol. The molecule has 1 nitrogen and oxygen atoms in total. The fourth-order valence-corrected chi connectivity index (χ4v) is 1.95. The van der Waals surface area contributed by atoms with Crippen LogP contribution in [0.2, 0.25) is 12.1 Å². The molecule has 1 fully saturated rings. The highest BCUT2D eigenvalue weighted by atomic mass is 16.4. The van der Waals surface area contributed by atoms with Crippen LogP contribution in [0.25, 0.3) is 0 Å². The van der Waals surface area contributed by atoms with Crippen LogP contribution in [-0.4, -0.2) is 14.0 Å². The summed E-state index contributed by atoms with van der Waals surface area (Å²) in [5.41, 5.74) is 0. The van der Waals surface area contributed by atoms with Gasteiger partial charge in [0.25, 0.3) is 6.92 Å². The monoisotopic (exact) mass is 140 g/mol. The van der Waals surface area contributed by atoms with Crippen molar-refractivity contribution in [1.29, 1.82) is 0 Å². The van der Waals surface area contributed by atoms with Crippen LogP contribution in [0.15, 0.2) is 0 Å². The maximum absolute atomic E-state index is 5.39. The summed E-state index contributed by atoms with van der Waals surface area (Å²) in [5, 5.41) is 0. The molecular formula is C8H17BO. The smallest absolute Gasteiger partial charge is 0.295 e. The Labute approximate surface area is 64.3 Å². The van der Waals surface area contributed by atoms with Gasteiger partial charge in [-0.3, -0.25) is 0 Å². The van der Waals surface area contributed by atoms with E-state index in [1.165, 1.54) is 32.0 Å². The lowest BCUT2D eigenvalue weighted by Crippen LogP contribution is -2.26. The van der Waals surface area contributed by atoms with E-state index >= 15 is 0 Å². The molecule has 0 aromatic rings. The third-order valence-electron chi connectivity index (χ3n) is 2.67. The second-order valence-electron chi connectivity index (χ2n) is 3.23. The summed E-state index contributed by atoms with van der Waals surface area (Å²) in [7, 11) is 1.85. The third kappa shape index (κ3) is 1.75. The van der Waals surface area contributed by atoms with Gasteiger partial charge in [0.1, 0.15) is 0 Å². The topological polar surface area (TPSA) is 9.23 Å². The molecule has 1 unspecified atom stereocenters. The first-order chi connectivity index (χ1) is 4.88. The van der Waals surface area contributed by atoms with Gasteiger partial charge in [0, 0.05) is 7.11 Å². The summed E-state index contributed by atoms with van der Waals surface area (Å²) in [5.74, 6) is 0.846. The van der Waals surface area contributed by atoms with Gasteiger partial charge in [-0.05, 0) is 12.1 Å². The van der Waals surface area contributed by atoms with Crippen molar-refractivity contribution in [2.24, 2.45) is 0 Å². The van der Waals surface area contributed by atoms with Crippen molar-refractivity contribution in [2.75, 3.05) is 7.11 Å². The first-order valence-corrected chi connectivity index (χ1v) is 4.41. The lowest BCUT2D eigenvalue weighted by molar-refractivity contribution is 0.382. The van der Waals surface area contributed by atoms with E-state index in [9.17, 15) is 0 Å². The molecule has 1 aliphatic rings. The minimum absolute atomic E-state index is 0.568. The highest BCUT2D eigenvalue weighted by Crippen LogP contribution is 2.31. The molecule has 0 spiro atoms. The maximum Gasteiger partial charge on any atom is 0.295 e. The predicted molar refractivity (Wildman–Crippen MR) is 45.5 cm³/mol. The molecule has 0 aliphatic carbocycles. The van der Waals surface area contributed by atoms with Crippen molar-refractivity contribution in [3.63, 3.8) is 0 Å². The van der Waals surface area contributed by atoms with Gasteiger partial charge < -0.3 is 4.65 Å². The van der Waals surface area contributed by atoms with E-state index < -0.39 is 0 Å². The minimum Gasteiger partial charge on any atom is -0.438 e. The van der Waals surface area contributed by atoms with Crippen LogP contribution in [0.5, 0.6) is 0 Å². The third-order valence-corrected chi connectivity index (χ3v) is 2.67. The van der Waals surface area contributed by atoms with Crippen LogP contribution < -0.4 is 0 Å². The van der Waals surface area contributed by atoms with Gasteiger partial charge in [0.05, 0.1) is 0 Å². The molecule has 1 aliphatic heterocycles. The van der Waals surface area contributed by atoms with Crippen LogP contribution in [0.1, 0.15) is 32.6 Å². The Morgan fingerprint density at radius 2 is 2.30 bits per heavy atom. The molecule has 0 bridgehead atoms. The van der Waals surface area contributed by atoms with Crippen LogP contribution in [-0.2, 0) is 4.65 Å². The zero-order valence-corrected chi connectivity index (χ0v) is 7.10. The summed E-state index contributed by atoms with van der Waals surface area (Å²) in [6, 6.07) is 0. The molecule has 1 rings (SSSR count). The van der Waals surface area contributed by atoms with E-state index in [0.29, 0.717) is 6.92 Å². The Morgan fingerprint density at radius 1 is 1.50 bits per heavy atom. The van der Waals surface area contributed by atoms with Gasteiger partial charge in [-0.25, -0.2) is 0 Å². The van der Waals surface area contributed by atoms with E-state index in [4.69, 9.17) is 4.65 Å². The zero-order valence-electron chi connectivity index (χ0n) is 7.10. The second-order valence-corrected chi connectivity index (χ2v) is 3.23. The number of hydrogen-bond donors (Lipinski definition) is 0. The Hall–Kier alpha value is 0.0249. The maximum atomic E-state index is 5.39. The Balaban J connectivity index is 2.34. The molecule has 58 valence electrons. The van der Waals surface area contributed by atoms with E-state index in [2.05, 4.69) is 6.92 Å². The average Bonchev–Trinajstić information content (AvgIpc) is 2.04. The highest BCUT2D eigenvalue weighted by Gasteiger charge is 2.27. The van der Waals surface area contributed by atoms with Crippen molar-refractivity contribution < 1.29 is 4.65 Å². The van der Waals surface area contributed by atoms with Gasteiger partial charge in [-0.1, -0.05) is 32.6 Å². The summed E-state index contributed by atoms with van der Waals surface area (Å²) < 4.78 is 5.39. The molecule has 0 radical (unpaired) electrons. The standard InChI is InChI=1S/C8H17BO/c1-3-8-6-4-5-7-9(8)10-2/h8H,3-7H2,1-2H3. The first kappa shape index (κ1) is 8.12. The average molecular weight is 140 g/mol. The van der Waals surface area contributed by atoms with Crippen molar-refractivity contribution in [3.05, 3.63) is 0 Å². The number of hydrogen-bond acceptors (Lipinski definition) is 1. The Morgan fingerprint density at radius 3 is 2.80 bits per heavy atom. The minimum atomic E-state index is 0.568. The lowest BCUT2D eigenvalue weighted by atomic mass is 9.48. The summed E-state index contributed by atoms with van der Waals surface area (Å²) in [6.45, 7) is 2.83. The van der Waals surface area contributed by atoms with Gasteiger partial charge in [0.2, 0.25) is 0 Å². The summed E-state index contributed by atoms with van der Waals surface area (Å²) >= 11 is 0. The SMILES string of the molecule is CCC1CCCCB1OC. The molecule has 0 N–H and O–H groups in total. The van der Waals surface area contributed by atoms with Crippen LogP contribution in [0, 0.1) is 0 Å². The Bertz CT molecular complexity index is 83.3. The Kier molecular flexibility index (Phi) is 3.27. The molecule has 2 heteroatoms. The quantitative estimate of drug-likeness (QED) is 0.535. The molecule has 0 saturated carbocycles. The van der Waals surface area contributed by atoms with Crippen molar-refractivity contribution in [3.8, 4) is 0 Å². The zero-order chi connectivity index (χ0) is 7.40. The normalized spacial score (nSPS) is 27.0. The van der Waals surface area contributed by atoms with Gasteiger partial charge in [-0.2, -0.15) is 0 Å². The fourth-order valence-electron chi connectivity index (χ4n) is 1.95. The molecule has 0 aromatic carbocycles. The van der Waals surface area contributed by atoms with Gasteiger partial charge >= 0.3 is 0 Å². The molecule has 1 heterocycles. The van der Waals surface area contributed by atoms with Crippen LogP contribution in [0.4, 0.5) is 0 Å². The van der Waals surface area contributed by atoms with Gasteiger partial charge in [0.15, 0.2) is 0 Å². The largest absolute Gasteiger partial charge is 0.438 e. The molecule has 10 heavy (non-hydrogen) atoms. The molecule has 0 aromatic heterocycles. The van der Waals surface area contributed by atoms with E-state index in [0.717, 1.165) is 5.82 Å². The molecule has 1 saturated heterocycles. The van der Waals surface area contributed by atoms with Crippen molar-refractivity contribution in [2.45, 2.75) is 44.7 Å². The predicted octanol–water partition coefficient (Wildman–Crippen LogP) is 2.59. The van der Waals surface area contributed by atoms with Crippen molar-refractivity contribution >= 4 is 6.92 Å². The van der Waals surface area contributed by atoms with Crippen LogP contribution >= 0.6 is 0 Å². The second kappa shape index (κ2) is 4.02. The first-order valence-electron chi connectivity index (χ1n) is 4.41. The summed E-state index contributed by atoms with van der Waals surface area (Å²) in [4.78, 5) is 0. The molecule has 1 atom stereocenters.